The fourth-order valence-corrected chi connectivity index (χ4v) is 0. The van der Waals surface area contributed by atoms with Crippen molar-refractivity contribution in [1.29, 1.82) is 0 Å². The van der Waals surface area contributed by atoms with Gasteiger partial charge in [0.25, 0.3) is 0 Å². The van der Waals surface area contributed by atoms with Crippen molar-refractivity contribution in [3.8, 4) is 0 Å². The van der Waals surface area contributed by atoms with Gasteiger partial charge >= 0.3 is 49.6 Å². The molecule has 0 radical (unpaired) electrons. The third kappa shape index (κ3) is 201. The number of hydrogen-bond acceptors (Lipinski definition) is 0. The van der Waals surface area contributed by atoms with Gasteiger partial charge in [-0.15, -0.1) is 0 Å². The third-order valence-corrected chi connectivity index (χ3v) is 0. The molecule has 0 rings (SSSR count). The normalized spacial score (nSPS) is 8.44. The van der Waals surface area contributed by atoms with Crippen LogP contribution in [0.5, 0.6) is 0 Å². The number of halogens is 4. The average Bonchev–Trinajstić information content (AvgIpc) is 0.722. The molecule has 0 bridgehead atoms. The molecular formula is H8Cl4MoO4. The summed E-state index contributed by atoms with van der Waals surface area (Å²) in [7, 11) is 20.1. The van der Waals surface area contributed by atoms with Crippen molar-refractivity contribution in [3.05, 3.63) is 0 Å². The van der Waals surface area contributed by atoms with Crippen LogP contribution >= 0.6 is 37.7 Å². The molecule has 0 aromatic rings. The van der Waals surface area contributed by atoms with Crippen molar-refractivity contribution in [3.63, 3.8) is 0 Å². The van der Waals surface area contributed by atoms with Crippen LogP contribution in [-0.4, -0.2) is 21.9 Å². The average molecular weight is 310 g/mol. The molecule has 9 heteroatoms. The van der Waals surface area contributed by atoms with E-state index in [9.17, 15) is 0 Å². The van der Waals surface area contributed by atoms with E-state index in [1.54, 1.807) is 0 Å². The zero-order valence-electron chi connectivity index (χ0n) is 3.92. The van der Waals surface area contributed by atoms with Gasteiger partial charge in [0, 0.05) is 0 Å². The van der Waals surface area contributed by atoms with Crippen LogP contribution in [0.15, 0.2) is 0 Å². The number of hydrogen-bond donors (Lipinski definition) is 0. The molecule has 0 heterocycles. The van der Waals surface area contributed by atoms with Crippen molar-refractivity contribution in [2.24, 2.45) is 0 Å². The van der Waals surface area contributed by atoms with Gasteiger partial charge in [0.2, 0.25) is 0 Å². The van der Waals surface area contributed by atoms with Crippen LogP contribution < -0.4 is 0 Å². The molecule has 0 fully saturated rings. The predicted molar refractivity (Wildman–Crippen MR) is 37.9 cm³/mol. The summed E-state index contributed by atoms with van der Waals surface area (Å²) in [6, 6.07) is 0. The quantitative estimate of drug-likeness (QED) is 0.533. The summed E-state index contributed by atoms with van der Waals surface area (Å²) in [5.41, 5.74) is 0. The van der Waals surface area contributed by atoms with Gasteiger partial charge in [-0.25, -0.2) is 0 Å². The molecule has 4 nitrogen and oxygen atoms in total. The Balaban J connectivity index is -0.0000000133. The first-order valence-corrected chi connectivity index (χ1v) is 11.0. The van der Waals surface area contributed by atoms with Gasteiger partial charge < -0.3 is 21.9 Å². The second kappa shape index (κ2) is 12.4. The second-order valence-electron chi connectivity index (χ2n) is 0.350. The summed E-state index contributed by atoms with van der Waals surface area (Å²) < 4.78 is 0. The van der Waals surface area contributed by atoms with Crippen molar-refractivity contribution >= 4 is 37.7 Å². The Kier molecular flexibility index (Phi) is 42.6. The van der Waals surface area contributed by atoms with E-state index < -0.39 is 11.9 Å². The van der Waals surface area contributed by atoms with Crippen LogP contribution in [0.2, 0.25) is 0 Å². The predicted octanol–water partition coefficient (Wildman–Crippen LogP) is -0.543. The van der Waals surface area contributed by atoms with Gasteiger partial charge in [-0.1, -0.05) is 0 Å². The van der Waals surface area contributed by atoms with Crippen LogP contribution in [0.4, 0.5) is 0 Å². The molecule has 0 saturated carbocycles. The van der Waals surface area contributed by atoms with Gasteiger partial charge in [0.1, 0.15) is 0 Å². The minimum absolute atomic E-state index is 0. The van der Waals surface area contributed by atoms with Crippen LogP contribution in [0.3, 0.4) is 0 Å². The van der Waals surface area contributed by atoms with E-state index in [1.807, 2.05) is 0 Å². The maximum atomic E-state index is 5.02. The van der Waals surface area contributed by atoms with E-state index in [4.69, 9.17) is 37.7 Å². The van der Waals surface area contributed by atoms with Gasteiger partial charge in [0.05, 0.1) is 0 Å². The monoisotopic (exact) mass is 310 g/mol. The van der Waals surface area contributed by atoms with E-state index in [2.05, 4.69) is 0 Å². The topological polar surface area (TPSA) is 126 Å². The van der Waals surface area contributed by atoms with Crippen LogP contribution in [0.1, 0.15) is 0 Å². The van der Waals surface area contributed by atoms with E-state index in [0.717, 1.165) is 0 Å². The Morgan fingerprint density at radius 3 is 0.556 bits per heavy atom. The fourth-order valence-electron chi connectivity index (χ4n) is 0. The Morgan fingerprint density at radius 2 is 0.556 bits per heavy atom. The molecular weight excluding hydrogens is 302 g/mol. The summed E-state index contributed by atoms with van der Waals surface area (Å²) in [4.78, 5) is 0. The van der Waals surface area contributed by atoms with E-state index in [0.29, 0.717) is 0 Å². The molecule has 9 heavy (non-hydrogen) atoms. The molecule has 0 aromatic carbocycles. The summed E-state index contributed by atoms with van der Waals surface area (Å²) >= 11 is -3.13. The molecule has 0 aliphatic carbocycles. The standard InChI is InChI=1S/4ClH.Mo.4H2O/h4*1H;;4*1H2/q;;;;+4;;;;/p-4. The molecule has 0 aliphatic heterocycles. The Morgan fingerprint density at radius 1 is 0.556 bits per heavy atom. The van der Waals surface area contributed by atoms with Crippen molar-refractivity contribution in [1.82, 2.24) is 0 Å². The van der Waals surface area contributed by atoms with Gasteiger partial charge in [-0.3, -0.25) is 0 Å². The minimum atomic E-state index is -3.13. The fraction of sp³-hybridized carbons (Fsp3) is 0. The molecule has 66 valence electrons. The molecule has 0 amide bonds. The Labute approximate surface area is 71.2 Å². The first kappa shape index (κ1) is 31.0. The van der Waals surface area contributed by atoms with E-state index >= 15 is 0 Å². The Bertz CT molecular complexity index is 28.0. The van der Waals surface area contributed by atoms with E-state index in [1.165, 1.54) is 0 Å². The first-order chi connectivity index (χ1) is 2.00. The molecule has 0 spiro atoms. The van der Waals surface area contributed by atoms with Crippen molar-refractivity contribution < 1.29 is 33.8 Å². The van der Waals surface area contributed by atoms with Crippen LogP contribution in [0.25, 0.3) is 0 Å². The molecule has 8 N–H and O–H groups in total. The van der Waals surface area contributed by atoms with Gasteiger partial charge in [0.15, 0.2) is 0 Å². The van der Waals surface area contributed by atoms with Crippen molar-refractivity contribution in [2.45, 2.75) is 0 Å². The molecule has 0 unspecified atom stereocenters. The van der Waals surface area contributed by atoms with Gasteiger partial charge in [-0.05, 0) is 0 Å². The Hall–Kier alpha value is 1.69. The summed E-state index contributed by atoms with van der Waals surface area (Å²) in [5.74, 6) is 0. The molecule has 0 aliphatic rings. The van der Waals surface area contributed by atoms with E-state index in [-0.39, 0.29) is 21.9 Å². The summed E-state index contributed by atoms with van der Waals surface area (Å²) in [5, 5.41) is 0. The summed E-state index contributed by atoms with van der Waals surface area (Å²) in [6.45, 7) is 0. The summed E-state index contributed by atoms with van der Waals surface area (Å²) in [6.07, 6.45) is 0. The second-order valence-corrected chi connectivity index (χ2v) is 18.6. The first-order valence-electron chi connectivity index (χ1n) is 0.617. The van der Waals surface area contributed by atoms with Crippen LogP contribution in [0, 0.1) is 0 Å². The van der Waals surface area contributed by atoms with Gasteiger partial charge in [-0.2, -0.15) is 0 Å². The molecule has 0 aromatic heterocycles. The SMILES string of the molecule is O.O.O.O.[Cl][Mo]([Cl])([Cl])[Cl]. The zero-order chi connectivity index (χ0) is 4.50. The number of rotatable bonds is 0. The molecule has 0 atom stereocenters. The zero-order valence-corrected chi connectivity index (χ0v) is 8.95. The maximum absolute atomic E-state index is 5.02. The molecule has 0 saturated heterocycles. The third-order valence-electron chi connectivity index (χ3n) is 0. The van der Waals surface area contributed by atoms with Crippen molar-refractivity contribution in [2.75, 3.05) is 0 Å². The van der Waals surface area contributed by atoms with Crippen LogP contribution in [-0.2, 0) is 11.9 Å².